The number of halogens is 2. The second-order valence-corrected chi connectivity index (χ2v) is 10.9. The topological polar surface area (TPSA) is 36.0 Å². The molecule has 2 aromatic rings. The normalized spacial score (nSPS) is 18.3. The number of likely N-dealkylation sites (N-methyl/N-ethyl adjacent to an activating group) is 1. The smallest absolute Gasteiger partial charge is 0.240 e. The van der Waals surface area contributed by atoms with Crippen molar-refractivity contribution in [3.63, 3.8) is 0 Å². The van der Waals surface area contributed by atoms with Crippen LogP contribution in [-0.4, -0.2) is 80.1 Å². The van der Waals surface area contributed by atoms with E-state index in [1.807, 2.05) is 60.3 Å². The third kappa shape index (κ3) is 7.13. The number of hydrogen-bond donors (Lipinski definition) is 0. The van der Waals surface area contributed by atoms with Crippen molar-refractivity contribution in [3.8, 4) is 5.75 Å². The molecule has 2 saturated heterocycles. The van der Waals surface area contributed by atoms with Crippen molar-refractivity contribution in [1.82, 2.24) is 14.7 Å². The van der Waals surface area contributed by atoms with Crippen LogP contribution < -0.4 is 4.74 Å². The Hall–Kier alpha value is -1.79. The SMILES string of the molecule is CN(C)[C@H](Cc1ccc(Cl)cc1)C(=O)N1CCC(c2ccc(Cl)cc2OCCN2CCCC2)CC1. The Morgan fingerprint density at radius 1 is 1.00 bits per heavy atom. The van der Waals surface area contributed by atoms with E-state index in [2.05, 4.69) is 11.0 Å². The van der Waals surface area contributed by atoms with E-state index in [1.54, 1.807) is 0 Å². The molecule has 2 aromatic carbocycles. The van der Waals surface area contributed by atoms with Crippen molar-refractivity contribution < 1.29 is 9.53 Å². The number of nitrogens with zero attached hydrogens (tertiary/aromatic N) is 3. The Bertz CT molecular complexity index is 969. The summed E-state index contributed by atoms with van der Waals surface area (Å²) >= 11 is 12.3. The van der Waals surface area contributed by atoms with Crippen molar-refractivity contribution in [1.29, 1.82) is 0 Å². The van der Waals surface area contributed by atoms with E-state index in [4.69, 9.17) is 27.9 Å². The van der Waals surface area contributed by atoms with Crippen LogP contribution in [-0.2, 0) is 11.2 Å². The maximum atomic E-state index is 13.4. The summed E-state index contributed by atoms with van der Waals surface area (Å²) in [5, 5.41) is 1.42. The first-order chi connectivity index (χ1) is 16.9. The molecule has 0 unspecified atom stereocenters. The number of piperidine rings is 1. The summed E-state index contributed by atoms with van der Waals surface area (Å²) < 4.78 is 6.23. The number of carbonyl (C=O) groups is 1. The maximum absolute atomic E-state index is 13.4. The molecular formula is C28H37Cl2N3O2. The number of amides is 1. The van der Waals surface area contributed by atoms with E-state index in [9.17, 15) is 4.79 Å². The molecule has 0 radical (unpaired) electrons. The van der Waals surface area contributed by atoms with Crippen molar-refractivity contribution >= 4 is 29.1 Å². The molecule has 0 bridgehead atoms. The Morgan fingerprint density at radius 2 is 1.66 bits per heavy atom. The van der Waals surface area contributed by atoms with E-state index in [-0.39, 0.29) is 11.9 Å². The van der Waals surface area contributed by atoms with Crippen LogP contribution in [0.15, 0.2) is 42.5 Å². The average molecular weight is 519 g/mol. The van der Waals surface area contributed by atoms with Crippen molar-refractivity contribution in [2.45, 2.75) is 44.1 Å². The standard InChI is InChI=1S/C28H37Cl2N3O2/c1-31(2)26(19-21-5-7-23(29)8-6-21)28(34)33-15-11-22(12-16-33)25-10-9-24(30)20-27(25)35-18-17-32-13-3-4-14-32/h5-10,20,22,26H,3-4,11-19H2,1-2H3/t26-/m1/s1. The third-order valence-electron chi connectivity index (χ3n) is 7.34. The highest BCUT2D eigenvalue weighted by atomic mass is 35.5. The van der Waals surface area contributed by atoms with E-state index >= 15 is 0 Å². The molecule has 4 rings (SSSR count). The Balaban J connectivity index is 1.35. The van der Waals surface area contributed by atoms with Crippen LogP contribution in [0.4, 0.5) is 0 Å². The fourth-order valence-electron chi connectivity index (χ4n) is 5.22. The lowest BCUT2D eigenvalue weighted by Crippen LogP contribution is -2.49. The molecule has 0 aromatic heterocycles. The number of ether oxygens (including phenoxy) is 1. The molecule has 1 amide bonds. The molecule has 35 heavy (non-hydrogen) atoms. The highest BCUT2D eigenvalue weighted by Gasteiger charge is 2.31. The van der Waals surface area contributed by atoms with Gasteiger partial charge in [-0.3, -0.25) is 14.6 Å². The van der Waals surface area contributed by atoms with E-state index in [0.717, 1.165) is 43.8 Å². The van der Waals surface area contributed by atoms with Gasteiger partial charge in [-0.05, 0) is 101 Å². The highest BCUT2D eigenvalue weighted by molar-refractivity contribution is 6.30. The minimum atomic E-state index is -0.187. The Labute approximate surface area is 219 Å². The van der Waals surface area contributed by atoms with Gasteiger partial charge >= 0.3 is 0 Å². The summed E-state index contributed by atoms with van der Waals surface area (Å²) in [6.07, 6.45) is 5.10. The predicted octanol–water partition coefficient (Wildman–Crippen LogP) is 5.35. The zero-order valence-electron chi connectivity index (χ0n) is 20.9. The quantitative estimate of drug-likeness (QED) is 0.449. The average Bonchev–Trinajstić information content (AvgIpc) is 3.37. The zero-order chi connectivity index (χ0) is 24.8. The molecule has 5 nitrogen and oxygen atoms in total. The van der Waals surface area contributed by atoms with Gasteiger partial charge < -0.3 is 9.64 Å². The summed E-state index contributed by atoms with van der Waals surface area (Å²) in [6.45, 7) is 5.49. The number of benzene rings is 2. The summed E-state index contributed by atoms with van der Waals surface area (Å²) in [4.78, 5) is 20.0. The molecule has 1 atom stereocenters. The Morgan fingerprint density at radius 3 is 2.31 bits per heavy atom. The van der Waals surface area contributed by atoms with Gasteiger partial charge in [-0.15, -0.1) is 0 Å². The predicted molar refractivity (Wildman–Crippen MR) is 144 cm³/mol. The van der Waals surface area contributed by atoms with Crippen LogP contribution in [0.25, 0.3) is 0 Å². The molecule has 2 fully saturated rings. The lowest BCUT2D eigenvalue weighted by atomic mass is 9.88. The largest absolute Gasteiger partial charge is 0.492 e. The van der Waals surface area contributed by atoms with Gasteiger partial charge in [0, 0.05) is 29.7 Å². The second kappa shape index (κ2) is 12.4. The first kappa shape index (κ1) is 26.3. The minimum absolute atomic E-state index is 0.187. The van der Waals surface area contributed by atoms with E-state index in [1.165, 1.54) is 31.5 Å². The van der Waals surface area contributed by atoms with Gasteiger partial charge in [0.05, 0.1) is 6.04 Å². The van der Waals surface area contributed by atoms with Gasteiger partial charge in [-0.25, -0.2) is 0 Å². The third-order valence-corrected chi connectivity index (χ3v) is 7.82. The summed E-state index contributed by atoms with van der Waals surface area (Å²) in [5.41, 5.74) is 2.33. The first-order valence-electron chi connectivity index (χ1n) is 12.7. The molecule has 0 N–H and O–H groups in total. The van der Waals surface area contributed by atoms with Crippen LogP contribution in [0.2, 0.25) is 10.0 Å². The number of hydrogen-bond acceptors (Lipinski definition) is 4. The lowest BCUT2D eigenvalue weighted by molar-refractivity contribution is -0.137. The minimum Gasteiger partial charge on any atom is -0.492 e. The van der Waals surface area contributed by atoms with Crippen LogP contribution in [0.5, 0.6) is 5.75 Å². The summed E-state index contributed by atoms with van der Waals surface area (Å²) in [6, 6.07) is 13.6. The van der Waals surface area contributed by atoms with Crippen LogP contribution in [0.3, 0.4) is 0 Å². The monoisotopic (exact) mass is 517 g/mol. The number of rotatable bonds is 9. The van der Waals surface area contributed by atoms with Gasteiger partial charge in [-0.2, -0.15) is 0 Å². The van der Waals surface area contributed by atoms with Gasteiger partial charge in [0.2, 0.25) is 5.91 Å². The van der Waals surface area contributed by atoms with E-state index < -0.39 is 0 Å². The summed E-state index contributed by atoms with van der Waals surface area (Å²) in [5.74, 6) is 1.46. The zero-order valence-corrected chi connectivity index (χ0v) is 22.4. The van der Waals surface area contributed by atoms with Crippen LogP contribution in [0.1, 0.15) is 42.7 Å². The molecule has 2 aliphatic heterocycles. The van der Waals surface area contributed by atoms with Gasteiger partial charge in [0.1, 0.15) is 12.4 Å². The molecular weight excluding hydrogens is 481 g/mol. The van der Waals surface area contributed by atoms with Crippen molar-refractivity contribution in [2.75, 3.05) is 53.4 Å². The van der Waals surface area contributed by atoms with Crippen molar-refractivity contribution in [2.24, 2.45) is 0 Å². The first-order valence-corrected chi connectivity index (χ1v) is 13.5. The number of likely N-dealkylation sites (tertiary alicyclic amines) is 2. The number of carbonyl (C=O) groups excluding carboxylic acids is 1. The van der Waals surface area contributed by atoms with Gasteiger partial charge in [0.15, 0.2) is 0 Å². The highest BCUT2D eigenvalue weighted by Crippen LogP contribution is 2.36. The molecule has 0 spiro atoms. The molecule has 2 heterocycles. The van der Waals surface area contributed by atoms with E-state index in [0.29, 0.717) is 29.0 Å². The fourth-order valence-corrected chi connectivity index (χ4v) is 5.51. The van der Waals surface area contributed by atoms with Crippen LogP contribution in [0, 0.1) is 0 Å². The van der Waals surface area contributed by atoms with Crippen molar-refractivity contribution in [3.05, 3.63) is 63.6 Å². The maximum Gasteiger partial charge on any atom is 0.240 e. The van der Waals surface area contributed by atoms with Gasteiger partial charge in [0.25, 0.3) is 0 Å². The van der Waals surface area contributed by atoms with Gasteiger partial charge in [-0.1, -0.05) is 41.4 Å². The second-order valence-electron chi connectivity index (χ2n) is 9.99. The molecule has 0 aliphatic carbocycles. The Kier molecular flexibility index (Phi) is 9.34. The summed E-state index contributed by atoms with van der Waals surface area (Å²) in [7, 11) is 3.95. The molecule has 190 valence electrons. The molecule has 2 aliphatic rings. The van der Waals surface area contributed by atoms with Crippen LogP contribution >= 0.6 is 23.2 Å². The lowest BCUT2D eigenvalue weighted by Gasteiger charge is -2.36. The molecule has 7 heteroatoms. The fraction of sp³-hybridized carbons (Fsp3) is 0.536. The molecule has 0 saturated carbocycles.